The lowest BCUT2D eigenvalue weighted by molar-refractivity contribution is 0.138. The van der Waals surface area contributed by atoms with Gasteiger partial charge in [0.15, 0.2) is 0 Å². The van der Waals surface area contributed by atoms with Crippen molar-refractivity contribution >= 4 is 14.9 Å². The molecule has 0 aromatic heterocycles. The minimum Gasteiger partial charge on any atom is -0.497 e. The Labute approximate surface area is 140 Å². The Hall–Kier alpha value is -1.21. The first-order chi connectivity index (χ1) is 11.2. The smallest absolute Gasteiger partial charge is 0.427 e. The van der Waals surface area contributed by atoms with E-state index in [4.69, 9.17) is 13.6 Å². The number of methoxy groups -OCH3 is 1. The highest BCUT2D eigenvalue weighted by Crippen LogP contribution is 2.27. The summed E-state index contributed by atoms with van der Waals surface area (Å²) in [6, 6.07) is 8.99. The van der Waals surface area contributed by atoms with E-state index in [1.54, 1.807) is 7.11 Å². The third-order valence-corrected chi connectivity index (χ3v) is 7.87. The fourth-order valence-electron chi connectivity index (χ4n) is 2.96. The fraction of sp³-hybridized carbons (Fsp3) is 0.588. The Morgan fingerprint density at radius 3 is 2.48 bits per heavy atom. The van der Waals surface area contributed by atoms with Crippen LogP contribution < -0.4 is 4.74 Å². The van der Waals surface area contributed by atoms with Crippen molar-refractivity contribution in [3.05, 3.63) is 29.8 Å². The van der Waals surface area contributed by atoms with Gasteiger partial charge in [0.05, 0.1) is 13.7 Å². The molecule has 0 amide bonds. The van der Waals surface area contributed by atoms with E-state index in [0.717, 1.165) is 56.6 Å². The first-order valence-corrected chi connectivity index (χ1v) is 10.4. The number of benzene rings is 1. The molecule has 5 nitrogen and oxygen atoms in total. The number of aliphatic imine (C=N–C) groups is 1. The average Bonchev–Trinajstić information content (AvgIpc) is 2.95. The first-order valence-electron chi connectivity index (χ1n) is 8.41. The van der Waals surface area contributed by atoms with E-state index in [1.165, 1.54) is 0 Å². The molecule has 6 heteroatoms. The van der Waals surface area contributed by atoms with Crippen molar-refractivity contribution in [3.8, 4) is 5.75 Å². The van der Waals surface area contributed by atoms with E-state index in [-0.39, 0.29) is 0 Å². The zero-order valence-electron chi connectivity index (χ0n) is 14.5. The summed E-state index contributed by atoms with van der Waals surface area (Å²) in [7, 11) is -0.488. The lowest BCUT2D eigenvalue weighted by atomic mass is 10.2. The van der Waals surface area contributed by atoms with Gasteiger partial charge in [-0.05, 0) is 56.6 Å². The highest BCUT2D eigenvalue weighted by molar-refractivity contribution is 6.65. The van der Waals surface area contributed by atoms with E-state index >= 15 is 0 Å². The molecule has 1 aromatic carbocycles. The van der Waals surface area contributed by atoms with Crippen LogP contribution in [0.3, 0.4) is 0 Å². The SMILES string of the molecule is CCO[Si]1(OCC)CCCN1CCN=Cc1ccc(OC)cc1. The summed E-state index contributed by atoms with van der Waals surface area (Å²) in [5, 5.41) is 0. The number of hydrogen-bond donors (Lipinski definition) is 0. The Morgan fingerprint density at radius 1 is 1.17 bits per heavy atom. The molecule has 1 heterocycles. The monoisotopic (exact) mass is 336 g/mol. The van der Waals surface area contributed by atoms with Gasteiger partial charge in [-0.1, -0.05) is 0 Å². The Balaban J connectivity index is 1.87. The molecule has 0 spiro atoms. The molecule has 23 heavy (non-hydrogen) atoms. The van der Waals surface area contributed by atoms with E-state index in [2.05, 4.69) is 9.56 Å². The maximum absolute atomic E-state index is 6.06. The Bertz CT molecular complexity index is 487. The molecule has 1 aromatic rings. The zero-order valence-corrected chi connectivity index (χ0v) is 15.5. The summed E-state index contributed by atoms with van der Waals surface area (Å²) < 4.78 is 19.7. The van der Waals surface area contributed by atoms with Crippen LogP contribution in [0.15, 0.2) is 29.3 Å². The number of hydrogen-bond acceptors (Lipinski definition) is 5. The summed E-state index contributed by atoms with van der Waals surface area (Å²) >= 11 is 0. The van der Waals surface area contributed by atoms with Gasteiger partial charge in [0, 0.05) is 32.0 Å². The van der Waals surface area contributed by atoms with E-state index in [0.29, 0.717) is 0 Å². The molecule has 1 aliphatic rings. The number of nitrogens with zero attached hydrogens (tertiary/aromatic N) is 2. The van der Waals surface area contributed by atoms with Crippen molar-refractivity contribution in [2.24, 2.45) is 4.99 Å². The van der Waals surface area contributed by atoms with E-state index < -0.39 is 8.72 Å². The summed E-state index contributed by atoms with van der Waals surface area (Å²) in [5.41, 5.74) is 1.09. The molecule has 0 radical (unpaired) electrons. The maximum atomic E-state index is 6.06. The standard InChI is InChI=1S/C17H28N2O3Si/c1-4-21-23(22-5-2)14-6-12-19(23)13-11-18-15-16-7-9-17(20-3)10-8-16/h7-10,15H,4-6,11-14H2,1-3H3. The number of ether oxygens (including phenoxy) is 1. The van der Waals surface area contributed by atoms with Gasteiger partial charge >= 0.3 is 8.72 Å². The summed E-state index contributed by atoms with van der Waals surface area (Å²) in [6.45, 7) is 8.26. The summed E-state index contributed by atoms with van der Waals surface area (Å²) in [6.07, 6.45) is 3.08. The molecule has 0 saturated carbocycles. The van der Waals surface area contributed by atoms with Crippen molar-refractivity contribution in [2.45, 2.75) is 26.3 Å². The fourth-order valence-corrected chi connectivity index (χ4v) is 6.46. The minimum absolute atomic E-state index is 0.720. The van der Waals surface area contributed by atoms with Crippen LogP contribution in [0, 0.1) is 0 Å². The second-order valence-electron chi connectivity index (χ2n) is 5.48. The van der Waals surface area contributed by atoms with Crippen molar-refractivity contribution < 1.29 is 13.6 Å². The van der Waals surface area contributed by atoms with E-state index in [9.17, 15) is 0 Å². The van der Waals surface area contributed by atoms with Gasteiger partial charge < -0.3 is 13.6 Å². The van der Waals surface area contributed by atoms with Crippen LogP contribution in [0.5, 0.6) is 5.75 Å². The molecule has 0 unspecified atom stereocenters. The highest BCUT2D eigenvalue weighted by Gasteiger charge is 2.48. The van der Waals surface area contributed by atoms with E-state index in [1.807, 2.05) is 44.3 Å². The van der Waals surface area contributed by atoms with Crippen molar-refractivity contribution in [1.29, 1.82) is 0 Å². The summed E-state index contributed by atoms with van der Waals surface area (Å²) in [4.78, 5) is 4.55. The molecule has 1 aliphatic heterocycles. The third kappa shape index (κ3) is 4.88. The van der Waals surface area contributed by atoms with Gasteiger partial charge in [0.1, 0.15) is 5.75 Å². The molecule has 1 saturated heterocycles. The van der Waals surface area contributed by atoms with Crippen LogP contribution in [-0.2, 0) is 8.85 Å². The van der Waals surface area contributed by atoms with Gasteiger partial charge in [-0.15, -0.1) is 0 Å². The van der Waals surface area contributed by atoms with Crippen LogP contribution in [0.25, 0.3) is 0 Å². The van der Waals surface area contributed by atoms with Gasteiger partial charge in [0.2, 0.25) is 0 Å². The first kappa shape index (κ1) is 18.1. The molecule has 0 aliphatic carbocycles. The van der Waals surface area contributed by atoms with Gasteiger partial charge in [-0.3, -0.25) is 9.56 Å². The Kier molecular flexibility index (Phi) is 7.23. The lowest BCUT2D eigenvalue weighted by Crippen LogP contribution is -2.55. The second-order valence-corrected chi connectivity index (χ2v) is 8.61. The highest BCUT2D eigenvalue weighted by atomic mass is 28.4. The summed E-state index contributed by atoms with van der Waals surface area (Å²) in [5.74, 6) is 0.864. The van der Waals surface area contributed by atoms with Crippen molar-refractivity contribution in [1.82, 2.24) is 4.57 Å². The molecule has 0 N–H and O–H groups in total. The van der Waals surface area contributed by atoms with Gasteiger partial charge in [-0.2, -0.15) is 0 Å². The quantitative estimate of drug-likeness (QED) is 0.514. The van der Waals surface area contributed by atoms with Crippen LogP contribution in [0.1, 0.15) is 25.8 Å². The molecule has 0 atom stereocenters. The molecule has 2 rings (SSSR count). The third-order valence-electron chi connectivity index (χ3n) is 4.00. The molecule has 128 valence electrons. The van der Waals surface area contributed by atoms with Gasteiger partial charge in [0.25, 0.3) is 0 Å². The average molecular weight is 337 g/mol. The topological polar surface area (TPSA) is 43.3 Å². The Morgan fingerprint density at radius 2 is 1.87 bits per heavy atom. The lowest BCUT2D eigenvalue weighted by Gasteiger charge is -2.33. The van der Waals surface area contributed by atoms with Crippen LogP contribution in [0.2, 0.25) is 6.04 Å². The second kappa shape index (κ2) is 9.17. The van der Waals surface area contributed by atoms with Crippen LogP contribution in [0.4, 0.5) is 0 Å². The number of rotatable bonds is 9. The largest absolute Gasteiger partial charge is 0.497 e. The molecule has 0 bridgehead atoms. The molecule has 1 fully saturated rings. The van der Waals surface area contributed by atoms with Crippen molar-refractivity contribution in [3.63, 3.8) is 0 Å². The van der Waals surface area contributed by atoms with Crippen LogP contribution >= 0.6 is 0 Å². The maximum Gasteiger partial charge on any atom is 0.427 e. The zero-order chi connectivity index (χ0) is 16.5. The van der Waals surface area contributed by atoms with Crippen molar-refractivity contribution in [2.75, 3.05) is 40.0 Å². The normalized spacial score (nSPS) is 17.9. The minimum atomic E-state index is -2.16. The molecular weight excluding hydrogens is 308 g/mol. The van der Waals surface area contributed by atoms with Gasteiger partial charge in [-0.25, -0.2) is 0 Å². The predicted molar refractivity (Wildman–Crippen MR) is 95.5 cm³/mol. The van der Waals surface area contributed by atoms with Crippen LogP contribution in [-0.4, -0.2) is 59.5 Å². The molecular formula is C17H28N2O3Si. The predicted octanol–water partition coefficient (Wildman–Crippen LogP) is 2.83.